The molecule has 3 aromatic heterocycles. The van der Waals surface area contributed by atoms with Crippen LogP contribution in [0, 0.1) is 6.92 Å². The van der Waals surface area contributed by atoms with Crippen LogP contribution in [0.3, 0.4) is 0 Å². The third kappa shape index (κ3) is 18.9. The highest BCUT2D eigenvalue weighted by atomic mass is 32.2. The Morgan fingerprint density at radius 2 is 1.00 bits per heavy atom. The molecule has 6 fully saturated rings. The molecule has 12 heterocycles. The molecule has 28 heteroatoms. The Kier molecular flexibility index (Phi) is 26.4. The lowest BCUT2D eigenvalue weighted by Gasteiger charge is -2.44. The van der Waals surface area contributed by atoms with Gasteiger partial charge in [-0.1, -0.05) is 94.9 Å². The number of piperidine rings is 4. The topological polar surface area (TPSA) is 269 Å². The van der Waals surface area contributed by atoms with E-state index in [0.717, 1.165) is 197 Å². The number of fused-ring (bicyclic) bond motifs is 3. The number of ether oxygens (including phenoxy) is 4. The highest BCUT2D eigenvalue weighted by molar-refractivity contribution is 7.88. The van der Waals surface area contributed by atoms with E-state index >= 15 is 0 Å². The van der Waals surface area contributed by atoms with Gasteiger partial charge in [-0.2, -0.15) is 15.0 Å². The highest BCUT2D eigenvalue weighted by Gasteiger charge is 2.41. The van der Waals surface area contributed by atoms with Crippen LogP contribution in [0.4, 0.5) is 35.3 Å². The standard InChI is InChI=1S/C26H36N6O4S2.C25H34N4O3S.C23H30N4O3S.2CH4/c1-30-17-20(9-10-22(30)33)27-24-23-21(11-16-37(23)34)28-25(29-24)32-14-12-26(13-15-32,18-31(2)38(3,35)36)19-7-5-4-6-8-19;1-17(2)20-5-3-4-6-22(20)32-19-7-12-29(13-8-19)25-27-21-11-16-33(30)23(21)24(28-25)26-18-9-14-31-15-10-18;1-16-2-4-18(5-3-16)30-19-6-11-27(12-7-19)23-25-20-10-15-31(28)21(20)22(26-23)24-17-8-13-29-14-9-17;;/h4-8,20H,9-18H2,1-3H3,(H,27,28,29);3-6,17-19H,7-16H2,1-2H3,(H,26,27,28);2-5,17,19H,6-15H2,1H3,(H,24,25,26);2*1H4/t20-,37?;;;;/m0..../s1. The number of benzene rings is 3. The first kappa shape index (κ1) is 78.1. The van der Waals surface area contributed by atoms with Crippen molar-refractivity contribution in [3.63, 3.8) is 0 Å². The fourth-order valence-corrected chi connectivity index (χ4v) is 19.5. The maximum Gasteiger partial charge on any atom is 0.227 e. The fraction of sp³-hybridized carbons (Fsp3) is 0.592. The van der Waals surface area contributed by atoms with Crippen LogP contribution in [-0.4, -0.2) is 213 Å². The van der Waals surface area contributed by atoms with E-state index in [-0.39, 0.29) is 44.4 Å². The third-order valence-corrected chi connectivity index (χ3v) is 26.8. The van der Waals surface area contributed by atoms with Gasteiger partial charge in [0.15, 0.2) is 0 Å². The normalized spacial score (nSPS) is 22.2. The van der Waals surface area contributed by atoms with Crippen molar-refractivity contribution in [2.24, 2.45) is 0 Å². The summed E-state index contributed by atoms with van der Waals surface area (Å²) in [5.41, 5.74) is 6.04. The van der Waals surface area contributed by atoms with Gasteiger partial charge in [-0.05, 0) is 87.1 Å². The number of aromatic nitrogens is 6. The number of rotatable bonds is 18. The van der Waals surface area contributed by atoms with E-state index in [1.54, 1.807) is 19.0 Å². The van der Waals surface area contributed by atoms with Crippen molar-refractivity contribution in [3.8, 4) is 11.5 Å². The maximum absolute atomic E-state index is 12.8. The van der Waals surface area contributed by atoms with E-state index in [1.807, 2.05) is 36.4 Å². The Balaban J connectivity index is 0.000000156. The van der Waals surface area contributed by atoms with Crippen molar-refractivity contribution in [3.05, 3.63) is 113 Å². The molecule has 6 saturated heterocycles. The predicted molar refractivity (Wildman–Crippen MR) is 414 cm³/mol. The number of hydrogen-bond acceptors (Lipinski definition) is 22. The summed E-state index contributed by atoms with van der Waals surface area (Å²) >= 11 is 0. The molecule has 24 nitrogen and oxygen atoms in total. The Bertz CT molecular complexity index is 4090. The van der Waals surface area contributed by atoms with Gasteiger partial charge in [0.05, 0.1) is 55.7 Å². The van der Waals surface area contributed by atoms with Crippen LogP contribution < -0.4 is 40.1 Å². The summed E-state index contributed by atoms with van der Waals surface area (Å²) < 4.78 is 87.6. The van der Waals surface area contributed by atoms with E-state index in [2.05, 4.69) is 93.9 Å². The zero-order valence-corrected chi connectivity index (χ0v) is 63.1. The monoisotopic (exact) mass is 1500 g/mol. The zero-order chi connectivity index (χ0) is 71.1. The predicted octanol–water partition coefficient (Wildman–Crippen LogP) is 9.86. The largest absolute Gasteiger partial charge is 0.490 e. The number of para-hydroxylation sites is 1. The molecule has 0 spiro atoms. The van der Waals surface area contributed by atoms with Crippen LogP contribution in [0.15, 0.2) is 93.5 Å². The van der Waals surface area contributed by atoms with Gasteiger partial charge in [0.2, 0.25) is 33.8 Å². The summed E-state index contributed by atoms with van der Waals surface area (Å²) in [6.45, 7) is 15.3. The molecule has 6 aromatic rings. The van der Waals surface area contributed by atoms with E-state index in [1.165, 1.54) is 21.7 Å². The van der Waals surface area contributed by atoms with Gasteiger partial charge in [-0.15, -0.1) is 0 Å². The molecule has 4 atom stereocenters. The minimum atomic E-state index is -3.32. The van der Waals surface area contributed by atoms with Crippen molar-refractivity contribution in [1.29, 1.82) is 0 Å². The van der Waals surface area contributed by atoms with Gasteiger partial charge in [0.25, 0.3) is 0 Å². The molecule has 0 bridgehead atoms. The molecule has 3 unspecified atom stereocenters. The number of carbonyl (C=O) groups is 1. The molecule has 3 N–H and O–H groups in total. The minimum absolute atomic E-state index is 0. The van der Waals surface area contributed by atoms with Crippen LogP contribution in [-0.2, 0) is 81.4 Å². The summed E-state index contributed by atoms with van der Waals surface area (Å²) in [7, 11) is -3.05. The summed E-state index contributed by atoms with van der Waals surface area (Å²) in [5, 5.41) is 10.6. The molecule has 0 saturated carbocycles. The first-order chi connectivity index (χ1) is 49.3. The second-order valence-electron chi connectivity index (χ2n) is 28.8. The second-order valence-corrected chi connectivity index (χ2v) is 35.4. The zero-order valence-electron chi connectivity index (χ0n) is 59.8. The van der Waals surface area contributed by atoms with Crippen LogP contribution >= 0.6 is 0 Å². The van der Waals surface area contributed by atoms with Gasteiger partial charge in [-0.3, -0.25) is 17.4 Å². The number of nitrogens with one attached hydrogen (secondary N) is 3. The molecule has 15 rings (SSSR count). The van der Waals surface area contributed by atoms with Crippen molar-refractivity contribution >= 4 is 83.6 Å². The molecule has 3 aromatic carbocycles. The lowest BCUT2D eigenvalue weighted by Crippen LogP contribution is -2.49. The van der Waals surface area contributed by atoms with Gasteiger partial charge in [0.1, 0.15) is 55.8 Å². The molecular weight excluding hydrogens is 1400 g/mol. The van der Waals surface area contributed by atoms with Crippen molar-refractivity contribution in [2.45, 2.75) is 188 Å². The summed E-state index contributed by atoms with van der Waals surface area (Å²) in [5.74, 6) is 8.60. The summed E-state index contributed by atoms with van der Waals surface area (Å²) in [6, 6.07) is 27.4. The number of carbonyl (C=O) groups excluding carboxylic acids is 1. The Labute approximate surface area is 623 Å². The molecule has 9 aliphatic rings. The van der Waals surface area contributed by atoms with Gasteiger partial charge < -0.3 is 54.5 Å². The smallest absolute Gasteiger partial charge is 0.227 e. The SMILES string of the molecule is C.C.CC(C)c1ccccc1OC1CCN(c2nc3c(c(NC4CCOCC4)n2)S(=O)CC3)CC1.CN1C[C@@H](Nc2nc(N3CCC(CN(C)S(C)(=O)=O)(c4ccccc4)CC3)nc3c2S(=O)CC3)CCC1=O.Cc1ccc(OC2CCN(c3nc4c(c(NC5CCOCC5)n3)S(=O)CC4)CC2)cc1. The first-order valence-corrected chi connectivity index (χ1v) is 42.4. The van der Waals surface area contributed by atoms with E-state index < -0.39 is 42.4 Å². The number of sulfonamides is 1. The van der Waals surface area contributed by atoms with Crippen LogP contribution in [0.1, 0.15) is 145 Å². The lowest BCUT2D eigenvalue weighted by molar-refractivity contribution is -0.132. The van der Waals surface area contributed by atoms with Gasteiger partial charge in [-0.25, -0.2) is 27.7 Å². The molecule has 1 amide bonds. The summed E-state index contributed by atoms with van der Waals surface area (Å²) in [6.07, 6.45) is 14.0. The number of hydrogen-bond donors (Lipinski definition) is 3. The quantitative estimate of drug-likeness (QED) is 0.0722. The third-order valence-electron chi connectivity index (χ3n) is 21.2. The maximum atomic E-state index is 12.8. The Hall–Kier alpha value is -6.95. The molecule has 566 valence electrons. The van der Waals surface area contributed by atoms with Crippen molar-refractivity contribution in [1.82, 2.24) is 39.1 Å². The second kappa shape index (κ2) is 35.2. The number of likely N-dealkylation sites (N-methyl/N-ethyl adjacent to an activating group) is 2. The molecule has 0 aliphatic carbocycles. The Morgan fingerprint density at radius 3 is 1.45 bits per heavy atom. The number of amides is 1. The van der Waals surface area contributed by atoms with Crippen LogP contribution in [0.2, 0.25) is 0 Å². The van der Waals surface area contributed by atoms with Crippen molar-refractivity contribution < 1.29 is 44.8 Å². The first-order valence-electron chi connectivity index (χ1n) is 36.6. The van der Waals surface area contributed by atoms with Gasteiger partial charge in [0, 0.05) is 185 Å². The number of nitrogens with zero attached hydrogens (tertiary/aromatic N) is 11. The minimum Gasteiger partial charge on any atom is -0.490 e. The van der Waals surface area contributed by atoms with Crippen LogP contribution in [0.25, 0.3) is 0 Å². The average Bonchev–Trinajstić information content (AvgIpc) is 1.42. The highest BCUT2D eigenvalue weighted by Crippen LogP contribution is 2.41. The van der Waals surface area contributed by atoms with Crippen molar-refractivity contribution in [2.75, 3.05) is 147 Å². The number of anilines is 6. The van der Waals surface area contributed by atoms with E-state index in [0.29, 0.717) is 97.4 Å². The summed E-state index contributed by atoms with van der Waals surface area (Å²) in [4.78, 5) is 51.8. The molecular formula is C76H108N14O10S4. The number of aryl methyl sites for hydroxylation is 4. The molecule has 9 aliphatic heterocycles. The average molecular weight is 1510 g/mol. The number of likely N-dealkylation sites (tertiary alicyclic amines) is 1. The van der Waals surface area contributed by atoms with Crippen LogP contribution in [0.5, 0.6) is 11.5 Å². The Morgan fingerprint density at radius 1 is 0.567 bits per heavy atom. The molecule has 0 radical (unpaired) electrons. The van der Waals surface area contributed by atoms with E-state index in [9.17, 15) is 25.8 Å². The van der Waals surface area contributed by atoms with Gasteiger partial charge >= 0.3 is 0 Å². The van der Waals surface area contributed by atoms with E-state index in [4.69, 9.17) is 48.9 Å². The lowest BCUT2D eigenvalue weighted by atomic mass is 9.72. The molecule has 104 heavy (non-hydrogen) atoms. The fourth-order valence-electron chi connectivity index (χ4n) is 15.1.